The lowest BCUT2D eigenvalue weighted by atomic mass is 10.1. The van der Waals surface area contributed by atoms with Crippen molar-refractivity contribution in [1.29, 1.82) is 0 Å². The number of ether oxygens (including phenoxy) is 2. The van der Waals surface area contributed by atoms with Crippen LogP contribution in [0, 0.1) is 0 Å². The zero-order chi connectivity index (χ0) is 12.7. The number of methoxy groups -OCH3 is 1. The average Bonchev–Trinajstić information content (AvgIpc) is 2.36. The van der Waals surface area contributed by atoms with E-state index in [-0.39, 0.29) is 5.97 Å². The summed E-state index contributed by atoms with van der Waals surface area (Å²) in [4.78, 5) is 11.2. The van der Waals surface area contributed by atoms with Gasteiger partial charge in [-0.25, -0.2) is 0 Å². The van der Waals surface area contributed by atoms with Crippen LogP contribution in [0.15, 0.2) is 30.3 Å². The fourth-order valence-electron chi connectivity index (χ4n) is 1.43. The Labute approximate surface area is 102 Å². The summed E-state index contributed by atoms with van der Waals surface area (Å²) in [5.41, 5.74) is 2.14. The van der Waals surface area contributed by atoms with Crippen LogP contribution in [-0.4, -0.2) is 19.7 Å². The third-order valence-corrected chi connectivity index (χ3v) is 2.43. The molecule has 0 radical (unpaired) electrons. The molecule has 0 bridgehead atoms. The molecule has 0 saturated carbocycles. The van der Waals surface area contributed by atoms with E-state index in [1.807, 2.05) is 37.3 Å². The molecule has 1 aromatic rings. The van der Waals surface area contributed by atoms with Gasteiger partial charge in [0.25, 0.3) is 0 Å². The van der Waals surface area contributed by atoms with Crippen molar-refractivity contribution in [3.63, 3.8) is 0 Å². The summed E-state index contributed by atoms with van der Waals surface area (Å²) in [6, 6.07) is 7.74. The predicted molar refractivity (Wildman–Crippen MR) is 67.9 cm³/mol. The number of carbonyl (C=O) groups is 1. The van der Waals surface area contributed by atoms with Crippen LogP contribution in [0.3, 0.4) is 0 Å². The molecule has 1 rings (SSSR count). The van der Waals surface area contributed by atoms with Gasteiger partial charge in [0.1, 0.15) is 5.75 Å². The van der Waals surface area contributed by atoms with E-state index in [0.29, 0.717) is 13.0 Å². The lowest BCUT2D eigenvalue weighted by Gasteiger charge is -2.04. The first-order valence-corrected chi connectivity index (χ1v) is 5.64. The molecule has 0 aliphatic heterocycles. The highest BCUT2D eigenvalue weighted by Gasteiger charge is 2.00. The third-order valence-electron chi connectivity index (χ3n) is 2.43. The van der Waals surface area contributed by atoms with Gasteiger partial charge in [0, 0.05) is 0 Å². The van der Waals surface area contributed by atoms with Gasteiger partial charge in [0.05, 0.1) is 20.1 Å². The third kappa shape index (κ3) is 4.31. The minimum atomic E-state index is -0.194. The van der Waals surface area contributed by atoms with Crippen molar-refractivity contribution in [2.24, 2.45) is 0 Å². The van der Waals surface area contributed by atoms with Gasteiger partial charge >= 0.3 is 5.97 Å². The van der Waals surface area contributed by atoms with E-state index in [2.05, 4.69) is 0 Å². The maximum absolute atomic E-state index is 11.2. The standard InChI is InChI=1S/C14H18O3/c1-4-17-14(15)10-5-11(2)12-6-8-13(16-3)9-7-12/h5-9H,4,10H2,1-3H3. The van der Waals surface area contributed by atoms with Crippen molar-refractivity contribution >= 4 is 11.5 Å². The van der Waals surface area contributed by atoms with Gasteiger partial charge in [0.2, 0.25) is 0 Å². The minimum absolute atomic E-state index is 0.194. The smallest absolute Gasteiger partial charge is 0.309 e. The molecule has 17 heavy (non-hydrogen) atoms. The molecule has 0 spiro atoms. The molecule has 3 heteroatoms. The van der Waals surface area contributed by atoms with E-state index in [1.54, 1.807) is 14.0 Å². The molecular formula is C14H18O3. The van der Waals surface area contributed by atoms with Crippen molar-refractivity contribution in [2.45, 2.75) is 20.3 Å². The molecule has 0 aliphatic carbocycles. The summed E-state index contributed by atoms with van der Waals surface area (Å²) in [6.07, 6.45) is 2.19. The summed E-state index contributed by atoms with van der Waals surface area (Å²) in [5, 5.41) is 0. The Kier molecular flexibility index (Phi) is 5.27. The van der Waals surface area contributed by atoms with E-state index in [9.17, 15) is 4.79 Å². The van der Waals surface area contributed by atoms with Crippen LogP contribution in [0.1, 0.15) is 25.8 Å². The normalized spacial score (nSPS) is 11.1. The first-order chi connectivity index (χ1) is 8.17. The number of allylic oxidation sites excluding steroid dienone is 1. The molecule has 0 aromatic heterocycles. The van der Waals surface area contributed by atoms with Gasteiger partial charge in [-0.05, 0) is 37.1 Å². The molecule has 1 aromatic carbocycles. The molecule has 0 fully saturated rings. The van der Waals surface area contributed by atoms with Crippen LogP contribution < -0.4 is 4.74 Å². The number of carbonyl (C=O) groups excluding carboxylic acids is 1. The van der Waals surface area contributed by atoms with Gasteiger partial charge in [-0.2, -0.15) is 0 Å². The summed E-state index contributed by atoms with van der Waals surface area (Å²) in [6.45, 7) is 4.20. The van der Waals surface area contributed by atoms with Gasteiger partial charge < -0.3 is 9.47 Å². The highest BCUT2D eigenvalue weighted by molar-refractivity contribution is 5.75. The van der Waals surface area contributed by atoms with E-state index in [1.165, 1.54) is 0 Å². The van der Waals surface area contributed by atoms with Crippen LogP contribution in [0.4, 0.5) is 0 Å². The number of hydrogen-bond acceptors (Lipinski definition) is 3. The summed E-state index contributed by atoms with van der Waals surface area (Å²) in [5.74, 6) is 0.632. The summed E-state index contributed by atoms with van der Waals surface area (Å²) >= 11 is 0. The van der Waals surface area contributed by atoms with Crippen LogP contribution >= 0.6 is 0 Å². The lowest BCUT2D eigenvalue weighted by Crippen LogP contribution is -2.01. The van der Waals surface area contributed by atoms with Crippen molar-refractivity contribution in [2.75, 3.05) is 13.7 Å². The van der Waals surface area contributed by atoms with Crippen molar-refractivity contribution < 1.29 is 14.3 Å². The molecule has 0 unspecified atom stereocenters. The molecule has 0 heterocycles. The first kappa shape index (κ1) is 13.3. The van der Waals surface area contributed by atoms with Crippen molar-refractivity contribution in [3.8, 4) is 5.75 Å². The molecule has 0 N–H and O–H groups in total. The maximum Gasteiger partial charge on any atom is 0.309 e. The topological polar surface area (TPSA) is 35.5 Å². The second kappa shape index (κ2) is 6.74. The Bertz CT molecular complexity index is 390. The molecule has 0 saturated heterocycles. The molecule has 92 valence electrons. The Balaban J connectivity index is 2.64. The minimum Gasteiger partial charge on any atom is -0.497 e. The molecular weight excluding hydrogens is 216 g/mol. The van der Waals surface area contributed by atoms with Gasteiger partial charge in [0.15, 0.2) is 0 Å². The molecule has 0 aliphatic rings. The lowest BCUT2D eigenvalue weighted by molar-refractivity contribution is -0.142. The SMILES string of the molecule is CCOC(=O)CC=C(C)c1ccc(OC)cc1. The number of benzene rings is 1. The van der Waals surface area contributed by atoms with Crippen LogP contribution in [0.5, 0.6) is 5.75 Å². The van der Waals surface area contributed by atoms with Crippen LogP contribution in [0.25, 0.3) is 5.57 Å². The Morgan fingerprint density at radius 3 is 2.47 bits per heavy atom. The van der Waals surface area contributed by atoms with E-state index in [4.69, 9.17) is 9.47 Å². The Morgan fingerprint density at radius 1 is 1.29 bits per heavy atom. The van der Waals surface area contributed by atoms with E-state index in [0.717, 1.165) is 16.9 Å². The van der Waals surface area contributed by atoms with Gasteiger partial charge in [-0.3, -0.25) is 4.79 Å². The largest absolute Gasteiger partial charge is 0.497 e. The highest BCUT2D eigenvalue weighted by atomic mass is 16.5. The van der Waals surface area contributed by atoms with Crippen LogP contribution in [0.2, 0.25) is 0 Å². The van der Waals surface area contributed by atoms with Gasteiger partial charge in [-0.15, -0.1) is 0 Å². The Hall–Kier alpha value is -1.77. The molecule has 0 atom stereocenters. The quantitative estimate of drug-likeness (QED) is 0.734. The predicted octanol–water partition coefficient (Wildman–Crippen LogP) is 3.05. The fourth-order valence-corrected chi connectivity index (χ4v) is 1.43. The van der Waals surface area contributed by atoms with Crippen molar-refractivity contribution in [1.82, 2.24) is 0 Å². The summed E-state index contributed by atoms with van der Waals surface area (Å²) < 4.78 is 9.95. The molecule has 3 nitrogen and oxygen atoms in total. The number of hydrogen-bond donors (Lipinski definition) is 0. The highest BCUT2D eigenvalue weighted by Crippen LogP contribution is 2.18. The number of rotatable bonds is 5. The fraction of sp³-hybridized carbons (Fsp3) is 0.357. The van der Waals surface area contributed by atoms with E-state index < -0.39 is 0 Å². The van der Waals surface area contributed by atoms with Crippen molar-refractivity contribution in [3.05, 3.63) is 35.9 Å². The maximum atomic E-state index is 11.2. The zero-order valence-corrected chi connectivity index (χ0v) is 10.5. The molecule has 0 amide bonds. The first-order valence-electron chi connectivity index (χ1n) is 5.64. The van der Waals surface area contributed by atoms with Crippen LogP contribution in [-0.2, 0) is 9.53 Å². The zero-order valence-electron chi connectivity index (χ0n) is 10.5. The second-order valence-corrected chi connectivity index (χ2v) is 3.62. The van der Waals surface area contributed by atoms with Gasteiger partial charge in [-0.1, -0.05) is 18.2 Å². The number of esters is 1. The Morgan fingerprint density at radius 2 is 1.94 bits per heavy atom. The second-order valence-electron chi connectivity index (χ2n) is 3.62. The average molecular weight is 234 g/mol. The summed E-state index contributed by atoms with van der Waals surface area (Å²) in [7, 11) is 1.64. The monoisotopic (exact) mass is 234 g/mol. The van der Waals surface area contributed by atoms with E-state index >= 15 is 0 Å².